The Hall–Kier alpha value is -2.43. The van der Waals surface area contributed by atoms with Crippen molar-refractivity contribution in [1.82, 2.24) is 14.3 Å². The number of sulfonamides is 1. The highest BCUT2D eigenvalue weighted by Crippen LogP contribution is 2.36. The lowest BCUT2D eigenvalue weighted by atomic mass is 9.87. The summed E-state index contributed by atoms with van der Waals surface area (Å²) < 4.78 is 38.1. The molecule has 0 radical (unpaired) electrons. The van der Waals surface area contributed by atoms with Crippen LogP contribution >= 0.6 is 0 Å². The molecule has 2 saturated carbocycles. The molecule has 10 heteroatoms. The molecule has 1 saturated heterocycles. The van der Waals surface area contributed by atoms with Crippen LogP contribution in [-0.2, 0) is 14.8 Å². The molecule has 1 aromatic heterocycles. The van der Waals surface area contributed by atoms with Gasteiger partial charge < -0.3 is 19.7 Å². The largest absolute Gasteiger partial charge is 0.474 e. The van der Waals surface area contributed by atoms with Crippen molar-refractivity contribution in [3.8, 4) is 17.0 Å². The fraction of sp³-hybridized carbons (Fsp3) is 0.630. The average Bonchev–Trinajstić information content (AvgIpc) is 2.88. The van der Waals surface area contributed by atoms with E-state index in [2.05, 4.69) is 46.4 Å². The molecule has 1 aliphatic heterocycles. The molecule has 2 aliphatic carbocycles. The highest BCUT2D eigenvalue weighted by atomic mass is 32.2. The Balaban J connectivity index is 1.35. The predicted molar refractivity (Wildman–Crippen MR) is 146 cm³/mol. The molecular weight excluding hydrogens is 490 g/mol. The van der Waals surface area contributed by atoms with E-state index in [1.54, 1.807) is 14.1 Å². The number of nitrogens with one attached hydrogen (secondary N) is 1. The van der Waals surface area contributed by atoms with Crippen molar-refractivity contribution in [2.24, 2.45) is 5.92 Å². The molecule has 0 amide bonds. The van der Waals surface area contributed by atoms with Crippen molar-refractivity contribution >= 4 is 21.7 Å². The van der Waals surface area contributed by atoms with E-state index in [0.29, 0.717) is 30.7 Å². The Kier molecular flexibility index (Phi) is 7.88. The Bertz CT molecular complexity index is 1150. The zero-order chi connectivity index (χ0) is 26.0. The van der Waals surface area contributed by atoms with Crippen molar-refractivity contribution in [3.05, 3.63) is 30.5 Å². The molecule has 1 N–H and O–H groups in total. The van der Waals surface area contributed by atoms with Crippen LogP contribution in [0.15, 0.2) is 30.5 Å². The lowest BCUT2D eigenvalue weighted by Crippen LogP contribution is -2.47. The number of rotatable bonds is 8. The van der Waals surface area contributed by atoms with Gasteiger partial charge in [-0.05, 0) is 49.3 Å². The van der Waals surface area contributed by atoms with E-state index >= 15 is 0 Å². The van der Waals surface area contributed by atoms with Crippen molar-refractivity contribution in [1.29, 1.82) is 0 Å². The van der Waals surface area contributed by atoms with Crippen molar-refractivity contribution < 1.29 is 17.9 Å². The summed E-state index contributed by atoms with van der Waals surface area (Å²) in [5.74, 6) is 1.84. The van der Waals surface area contributed by atoms with Crippen LogP contribution in [0.5, 0.6) is 5.88 Å². The van der Waals surface area contributed by atoms with Gasteiger partial charge in [0, 0.05) is 58.0 Å². The fourth-order valence-corrected chi connectivity index (χ4v) is 6.81. The predicted octanol–water partition coefficient (Wildman–Crippen LogP) is 3.77. The molecular formula is C27H39N5O4S. The maximum absolute atomic E-state index is 12.5. The quantitative estimate of drug-likeness (QED) is 0.552. The van der Waals surface area contributed by atoms with Crippen LogP contribution in [0, 0.1) is 5.92 Å². The van der Waals surface area contributed by atoms with E-state index in [1.165, 1.54) is 17.1 Å². The Morgan fingerprint density at radius 3 is 2.38 bits per heavy atom. The first-order chi connectivity index (χ1) is 17.8. The van der Waals surface area contributed by atoms with Gasteiger partial charge in [0.25, 0.3) is 0 Å². The third kappa shape index (κ3) is 6.02. The lowest BCUT2D eigenvalue weighted by molar-refractivity contribution is 0.116. The summed E-state index contributed by atoms with van der Waals surface area (Å²) in [6.07, 6.45) is 7.19. The molecule has 3 aliphatic rings. The molecule has 0 spiro atoms. The molecule has 0 atom stereocenters. The number of morpholine rings is 1. The van der Waals surface area contributed by atoms with Crippen molar-refractivity contribution in [2.45, 2.75) is 62.8 Å². The van der Waals surface area contributed by atoms with Gasteiger partial charge in [-0.1, -0.05) is 19.1 Å². The van der Waals surface area contributed by atoms with Crippen LogP contribution in [0.25, 0.3) is 11.1 Å². The number of nitrogens with zero attached hydrogens (tertiary/aromatic N) is 4. The molecule has 2 aromatic rings. The van der Waals surface area contributed by atoms with Crippen LogP contribution < -0.4 is 15.0 Å². The molecule has 2 heterocycles. The third-order valence-electron chi connectivity index (χ3n) is 7.92. The molecule has 0 bridgehead atoms. The fourth-order valence-electron chi connectivity index (χ4n) is 5.30. The maximum Gasteiger partial charge on any atom is 0.226 e. The van der Waals surface area contributed by atoms with Crippen molar-refractivity contribution in [2.75, 3.05) is 50.6 Å². The maximum atomic E-state index is 12.5. The summed E-state index contributed by atoms with van der Waals surface area (Å²) in [6.45, 7) is 5.56. The first kappa shape index (κ1) is 26.2. The van der Waals surface area contributed by atoms with Gasteiger partial charge in [-0.15, -0.1) is 0 Å². The van der Waals surface area contributed by atoms with E-state index in [0.717, 1.165) is 61.9 Å². The minimum absolute atomic E-state index is 0.190. The Labute approximate surface area is 220 Å². The number of hydrogen-bond donors (Lipinski definition) is 1. The highest BCUT2D eigenvalue weighted by Gasteiger charge is 2.41. The average molecular weight is 530 g/mol. The van der Waals surface area contributed by atoms with Gasteiger partial charge >= 0.3 is 0 Å². The van der Waals surface area contributed by atoms with Gasteiger partial charge in [0.15, 0.2) is 0 Å². The summed E-state index contributed by atoms with van der Waals surface area (Å²) in [7, 11) is -0.121. The van der Waals surface area contributed by atoms with E-state index in [9.17, 15) is 8.42 Å². The normalized spacial score (nSPS) is 26.5. The van der Waals surface area contributed by atoms with Crippen LogP contribution in [0.3, 0.4) is 0 Å². The topological polar surface area (TPSA) is 96.9 Å². The molecule has 1 aromatic carbocycles. The van der Waals surface area contributed by atoms with Gasteiger partial charge in [-0.25, -0.2) is 17.7 Å². The molecule has 202 valence electrons. The SMILES string of the molecule is CC1CCC(Nc2ncc(-c3ccc(N4CCOCC4)cc3)c(OC3CC(S(=O)(=O)N(C)C)C3)n2)CC1. The molecule has 37 heavy (non-hydrogen) atoms. The van der Waals surface area contributed by atoms with Crippen LogP contribution in [0.1, 0.15) is 45.4 Å². The lowest BCUT2D eigenvalue weighted by Gasteiger charge is -2.36. The van der Waals surface area contributed by atoms with E-state index in [1.807, 2.05) is 6.20 Å². The minimum atomic E-state index is -3.28. The van der Waals surface area contributed by atoms with Gasteiger partial charge in [0.05, 0.1) is 24.0 Å². The summed E-state index contributed by atoms with van der Waals surface area (Å²) in [6, 6.07) is 8.74. The number of anilines is 2. The molecule has 9 nitrogen and oxygen atoms in total. The van der Waals surface area contributed by atoms with Crippen LogP contribution in [0.2, 0.25) is 0 Å². The first-order valence-electron chi connectivity index (χ1n) is 13.4. The molecule has 5 rings (SSSR count). The summed E-state index contributed by atoms with van der Waals surface area (Å²) >= 11 is 0. The van der Waals surface area contributed by atoms with E-state index in [-0.39, 0.29) is 6.10 Å². The Morgan fingerprint density at radius 2 is 1.73 bits per heavy atom. The van der Waals surface area contributed by atoms with Crippen LogP contribution in [0.4, 0.5) is 11.6 Å². The van der Waals surface area contributed by atoms with Gasteiger partial charge in [-0.3, -0.25) is 0 Å². The number of benzene rings is 1. The second-order valence-corrected chi connectivity index (χ2v) is 13.2. The highest BCUT2D eigenvalue weighted by molar-refractivity contribution is 7.89. The van der Waals surface area contributed by atoms with Gasteiger partial charge in [0.1, 0.15) is 6.10 Å². The monoisotopic (exact) mass is 529 g/mol. The van der Waals surface area contributed by atoms with Gasteiger partial charge in [0.2, 0.25) is 21.9 Å². The minimum Gasteiger partial charge on any atom is -0.474 e. The molecule has 3 fully saturated rings. The second-order valence-electron chi connectivity index (χ2n) is 10.8. The number of aromatic nitrogens is 2. The van der Waals surface area contributed by atoms with Crippen molar-refractivity contribution in [3.63, 3.8) is 0 Å². The van der Waals surface area contributed by atoms with Crippen LogP contribution in [-0.4, -0.2) is 80.5 Å². The number of ether oxygens (including phenoxy) is 2. The molecule has 0 unspecified atom stereocenters. The zero-order valence-corrected chi connectivity index (χ0v) is 22.9. The Morgan fingerprint density at radius 1 is 1.05 bits per heavy atom. The smallest absolute Gasteiger partial charge is 0.226 e. The zero-order valence-electron chi connectivity index (χ0n) is 22.1. The second kappa shape index (κ2) is 11.1. The number of hydrogen-bond acceptors (Lipinski definition) is 8. The summed E-state index contributed by atoms with van der Waals surface area (Å²) in [5, 5.41) is 3.10. The first-order valence-corrected chi connectivity index (χ1v) is 14.9. The van der Waals surface area contributed by atoms with Gasteiger partial charge in [-0.2, -0.15) is 4.98 Å². The standard InChI is InChI=1S/C27H39N5O4S/c1-19-4-8-21(9-5-19)29-27-28-18-25(20-6-10-22(11-7-20)32-12-14-35-15-13-32)26(30-27)36-23-16-24(17-23)37(33,34)31(2)3/h6-7,10-11,18-19,21,23-24H,4-5,8-9,12-17H2,1-3H3,(H,28,29,30). The third-order valence-corrected chi connectivity index (χ3v) is 10.2. The van der Waals surface area contributed by atoms with E-state index < -0.39 is 15.3 Å². The summed E-state index contributed by atoms with van der Waals surface area (Å²) in [5.41, 5.74) is 2.95. The van der Waals surface area contributed by atoms with E-state index in [4.69, 9.17) is 14.5 Å². The summed E-state index contributed by atoms with van der Waals surface area (Å²) in [4.78, 5) is 11.7.